The Kier molecular flexibility index (Phi) is 3.67. The molecule has 0 amide bonds. The highest BCUT2D eigenvalue weighted by atomic mass is 15.0. The van der Waals surface area contributed by atoms with Crippen LogP contribution in [-0.4, -0.2) is 0 Å². The van der Waals surface area contributed by atoms with Crippen LogP contribution in [0.5, 0.6) is 0 Å². The van der Waals surface area contributed by atoms with Crippen LogP contribution >= 0.6 is 0 Å². The van der Waals surface area contributed by atoms with Crippen LogP contribution in [0.2, 0.25) is 0 Å². The largest absolute Gasteiger partial charge is 0.403 e. The number of hydrogen-bond donors (Lipinski definition) is 2. The molecule has 0 aromatic carbocycles. The Bertz CT molecular complexity index is 115. The van der Waals surface area contributed by atoms with Crippen LogP contribution in [0, 0.1) is 11.4 Å². The quantitative estimate of drug-likeness (QED) is 0.558. The second-order valence-electron chi connectivity index (χ2n) is 2.37. The van der Waals surface area contributed by atoms with Gasteiger partial charge in [-0.3, -0.25) is 0 Å². The maximum absolute atomic E-state index is 6.63. The third kappa shape index (κ3) is 3.70. The highest BCUT2D eigenvalue weighted by molar-refractivity contribution is 4.95. The minimum atomic E-state index is 0.522. The molecule has 9 heavy (non-hydrogen) atoms. The highest BCUT2D eigenvalue weighted by Gasteiger charge is 1.96. The van der Waals surface area contributed by atoms with Gasteiger partial charge in [-0.1, -0.05) is 13.8 Å². The molecule has 0 aliphatic carbocycles. The first-order valence-corrected chi connectivity index (χ1v) is 2.99. The van der Waals surface area contributed by atoms with E-state index in [1.165, 1.54) is 6.20 Å². The zero-order chi connectivity index (χ0) is 7.28. The van der Waals surface area contributed by atoms with Crippen molar-refractivity contribution in [3.63, 3.8) is 0 Å². The molecule has 0 saturated carbocycles. The van der Waals surface area contributed by atoms with Gasteiger partial charge in [-0.25, -0.2) is 5.53 Å². The SMILES string of the molecule is CC(C)C/C(=C/N)N=N. The summed E-state index contributed by atoms with van der Waals surface area (Å²) >= 11 is 0. The molecule has 3 N–H and O–H groups in total. The Labute approximate surface area is 55.5 Å². The molecule has 0 saturated heterocycles. The standard InChI is InChI=1S/C6H13N3/c1-5(2)3-6(4-7)9-8/h4-5,8H,3,7H2,1-2H3/b6-4-,9-8?. The molecule has 0 fully saturated rings. The Morgan fingerprint density at radius 3 is 2.44 bits per heavy atom. The second kappa shape index (κ2) is 4.06. The van der Waals surface area contributed by atoms with Gasteiger partial charge in [0, 0.05) is 6.20 Å². The van der Waals surface area contributed by atoms with E-state index in [1.807, 2.05) is 0 Å². The molecule has 0 rings (SSSR count). The number of nitrogens with two attached hydrogens (primary N) is 1. The lowest BCUT2D eigenvalue weighted by atomic mass is 10.1. The maximum Gasteiger partial charge on any atom is 0.0780 e. The summed E-state index contributed by atoms with van der Waals surface area (Å²) in [6.07, 6.45) is 2.17. The number of allylic oxidation sites excluding steroid dienone is 1. The lowest BCUT2D eigenvalue weighted by Crippen LogP contribution is -1.91. The fourth-order valence-corrected chi connectivity index (χ4v) is 0.569. The van der Waals surface area contributed by atoms with Crippen LogP contribution in [0.15, 0.2) is 17.0 Å². The summed E-state index contributed by atoms with van der Waals surface area (Å²) in [6, 6.07) is 0. The van der Waals surface area contributed by atoms with Crippen molar-refractivity contribution in [3.05, 3.63) is 11.9 Å². The molecule has 0 aromatic rings. The Morgan fingerprint density at radius 2 is 2.33 bits per heavy atom. The Hall–Kier alpha value is -0.860. The summed E-state index contributed by atoms with van der Waals surface area (Å²) in [7, 11) is 0. The molecule has 3 nitrogen and oxygen atoms in total. The number of nitrogens with one attached hydrogen (secondary N) is 1. The molecule has 0 radical (unpaired) electrons. The molecule has 0 heterocycles. The molecule has 52 valence electrons. The smallest absolute Gasteiger partial charge is 0.0780 e. The first kappa shape index (κ1) is 8.14. The van der Waals surface area contributed by atoms with E-state index in [-0.39, 0.29) is 0 Å². The second-order valence-corrected chi connectivity index (χ2v) is 2.37. The van der Waals surface area contributed by atoms with E-state index < -0.39 is 0 Å². The Morgan fingerprint density at radius 1 is 1.78 bits per heavy atom. The molecular weight excluding hydrogens is 114 g/mol. The van der Waals surface area contributed by atoms with Crippen LogP contribution in [0.1, 0.15) is 20.3 Å². The summed E-state index contributed by atoms with van der Waals surface area (Å²) in [5.41, 5.74) is 12.4. The molecular formula is C6H13N3. The molecule has 0 spiro atoms. The monoisotopic (exact) mass is 127 g/mol. The van der Waals surface area contributed by atoms with Gasteiger partial charge in [0.05, 0.1) is 5.70 Å². The van der Waals surface area contributed by atoms with Crippen molar-refractivity contribution in [1.82, 2.24) is 0 Å². The average Bonchev–Trinajstić information content (AvgIpc) is 1.82. The normalized spacial score (nSPS) is 12.1. The van der Waals surface area contributed by atoms with Gasteiger partial charge in [0.2, 0.25) is 0 Å². The molecule has 0 bridgehead atoms. The van der Waals surface area contributed by atoms with Crippen molar-refractivity contribution < 1.29 is 0 Å². The minimum absolute atomic E-state index is 0.522. The molecule has 0 unspecified atom stereocenters. The summed E-state index contributed by atoms with van der Waals surface area (Å²) in [5.74, 6) is 0.522. The average molecular weight is 127 g/mol. The zero-order valence-electron chi connectivity index (χ0n) is 5.89. The van der Waals surface area contributed by atoms with Crippen molar-refractivity contribution in [2.24, 2.45) is 16.8 Å². The van der Waals surface area contributed by atoms with Crippen LogP contribution in [0.3, 0.4) is 0 Å². The van der Waals surface area contributed by atoms with Gasteiger partial charge in [-0.05, 0) is 12.3 Å². The summed E-state index contributed by atoms with van der Waals surface area (Å²) < 4.78 is 0. The lowest BCUT2D eigenvalue weighted by Gasteiger charge is -2.00. The molecule has 0 atom stereocenters. The van der Waals surface area contributed by atoms with Crippen LogP contribution < -0.4 is 5.73 Å². The first-order valence-electron chi connectivity index (χ1n) is 2.99. The first-order chi connectivity index (χ1) is 4.20. The predicted octanol–water partition coefficient (Wildman–Crippen LogP) is 1.86. The van der Waals surface area contributed by atoms with Crippen molar-refractivity contribution in [1.29, 1.82) is 5.53 Å². The van der Waals surface area contributed by atoms with Gasteiger partial charge >= 0.3 is 0 Å². The molecule has 0 aromatic heterocycles. The van der Waals surface area contributed by atoms with Gasteiger partial charge in [0.25, 0.3) is 0 Å². The number of hydrogen-bond acceptors (Lipinski definition) is 3. The van der Waals surface area contributed by atoms with Crippen LogP contribution in [0.25, 0.3) is 0 Å². The van der Waals surface area contributed by atoms with Gasteiger partial charge in [-0.2, -0.15) is 5.11 Å². The van der Waals surface area contributed by atoms with E-state index in [0.29, 0.717) is 11.6 Å². The summed E-state index contributed by atoms with van der Waals surface area (Å²) in [5, 5.41) is 3.23. The van der Waals surface area contributed by atoms with Crippen LogP contribution in [-0.2, 0) is 0 Å². The minimum Gasteiger partial charge on any atom is -0.403 e. The van der Waals surface area contributed by atoms with Gasteiger partial charge < -0.3 is 5.73 Å². The number of nitrogens with zero attached hydrogens (tertiary/aromatic N) is 1. The van der Waals surface area contributed by atoms with Crippen molar-refractivity contribution in [2.75, 3.05) is 0 Å². The van der Waals surface area contributed by atoms with Crippen molar-refractivity contribution in [2.45, 2.75) is 20.3 Å². The van der Waals surface area contributed by atoms with E-state index >= 15 is 0 Å². The van der Waals surface area contributed by atoms with Gasteiger partial charge in [0.15, 0.2) is 0 Å². The fraction of sp³-hybridized carbons (Fsp3) is 0.667. The fourth-order valence-electron chi connectivity index (χ4n) is 0.569. The van der Waals surface area contributed by atoms with Crippen molar-refractivity contribution in [3.8, 4) is 0 Å². The maximum atomic E-state index is 6.63. The molecule has 3 heteroatoms. The third-order valence-corrected chi connectivity index (χ3v) is 0.953. The van der Waals surface area contributed by atoms with E-state index in [9.17, 15) is 0 Å². The number of rotatable bonds is 3. The summed E-state index contributed by atoms with van der Waals surface area (Å²) in [6.45, 7) is 4.13. The van der Waals surface area contributed by atoms with E-state index in [1.54, 1.807) is 0 Å². The lowest BCUT2D eigenvalue weighted by molar-refractivity contribution is 0.630. The van der Waals surface area contributed by atoms with E-state index in [2.05, 4.69) is 19.0 Å². The predicted molar refractivity (Wildman–Crippen MR) is 36.9 cm³/mol. The van der Waals surface area contributed by atoms with Gasteiger partial charge in [0.1, 0.15) is 0 Å². The molecule has 0 aliphatic rings. The van der Waals surface area contributed by atoms with E-state index in [4.69, 9.17) is 11.3 Å². The highest BCUT2D eigenvalue weighted by Crippen LogP contribution is 2.09. The zero-order valence-corrected chi connectivity index (χ0v) is 5.89. The summed E-state index contributed by atoms with van der Waals surface area (Å²) in [4.78, 5) is 0. The van der Waals surface area contributed by atoms with Gasteiger partial charge in [-0.15, -0.1) is 0 Å². The topological polar surface area (TPSA) is 62.2 Å². The van der Waals surface area contributed by atoms with Crippen LogP contribution in [0.4, 0.5) is 0 Å². The molecule has 0 aliphatic heterocycles. The third-order valence-electron chi connectivity index (χ3n) is 0.953. The van der Waals surface area contributed by atoms with E-state index in [0.717, 1.165) is 6.42 Å². The Balaban J connectivity index is 3.71. The van der Waals surface area contributed by atoms with Crippen molar-refractivity contribution >= 4 is 0 Å².